The number of carbonyl (C=O) groups excluding carboxylic acids is 3. The van der Waals surface area contributed by atoms with Gasteiger partial charge in [-0.3, -0.25) is 4.79 Å². The quantitative estimate of drug-likeness (QED) is 0.589. The van der Waals surface area contributed by atoms with E-state index in [1.54, 1.807) is 0 Å². The Morgan fingerprint density at radius 2 is 2.14 bits per heavy atom. The van der Waals surface area contributed by atoms with Crippen molar-refractivity contribution in [3.63, 3.8) is 0 Å². The molecule has 0 saturated carbocycles. The SMILES string of the molecule is CCCCC(C=O)NC(=O)CCC=O. The minimum Gasteiger partial charge on any atom is -0.347 e. The van der Waals surface area contributed by atoms with Crippen LogP contribution in [-0.4, -0.2) is 24.5 Å². The number of carbonyl (C=O) groups is 3. The maximum absolute atomic E-state index is 11.1. The van der Waals surface area contributed by atoms with Crippen LogP contribution in [0, 0.1) is 0 Å². The fourth-order valence-electron chi connectivity index (χ4n) is 1.07. The molecule has 0 aromatic rings. The van der Waals surface area contributed by atoms with Crippen LogP contribution >= 0.6 is 0 Å². The van der Waals surface area contributed by atoms with Crippen LogP contribution in [0.25, 0.3) is 0 Å². The van der Waals surface area contributed by atoms with Gasteiger partial charge in [-0.05, 0) is 6.42 Å². The first-order chi connectivity index (χ1) is 6.74. The van der Waals surface area contributed by atoms with E-state index in [0.717, 1.165) is 19.1 Å². The molecule has 0 fully saturated rings. The predicted octanol–water partition coefficient (Wildman–Crippen LogP) is 0.839. The molecular formula is C10H17NO3. The lowest BCUT2D eigenvalue weighted by molar-refractivity contribution is -0.125. The highest BCUT2D eigenvalue weighted by Crippen LogP contribution is 1.98. The average Bonchev–Trinajstić information content (AvgIpc) is 2.21. The molecule has 0 rings (SSSR count). The minimum absolute atomic E-state index is 0.167. The van der Waals surface area contributed by atoms with E-state index in [1.165, 1.54) is 0 Å². The molecule has 0 aromatic heterocycles. The number of hydrogen-bond donors (Lipinski definition) is 1. The van der Waals surface area contributed by atoms with Gasteiger partial charge in [0.25, 0.3) is 0 Å². The smallest absolute Gasteiger partial charge is 0.220 e. The number of hydrogen-bond acceptors (Lipinski definition) is 3. The van der Waals surface area contributed by atoms with Crippen molar-refractivity contribution in [1.82, 2.24) is 5.32 Å². The maximum atomic E-state index is 11.1. The Morgan fingerprint density at radius 1 is 1.43 bits per heavy atom. The van der Waals surface area contributed by atoms with E-state index < -0.39 is 6.04 Å². The van der Waals surface area contributed by atoms with Crippen LogP contribution in [0.4, 0.5) is 0 Å². The Kier molecular flexibility index (Phi) is 7.70. The van der Waals surface area contributed by atoms with Crippen molar-refractivity contribution in [1.29, 1.82) is 0 Å². The van der Waals surface area contributed by atoms with Gasteiger partial charge in [0, 0.05) is 12.8 Å². The van der Waals surface area contributed by atoms with Gasteiger partial charge in [-0.1, -0.05) is 19.8 Å². The number of aldehydes is 2. The Hall–Kier alpha value is -1.19. The second-order valence-electron chi connectivity index (χ2n) is 3.16. The zero-order chi connectivity index (χ0) is 10.8. The number of unbranched alkanes of at least 4 members (excludes halogenated alkanes) is 1. The van der Waals surface area contributed by atoms with Gasteiger partial charge < -0.3 is 14.9 Å². The van der Waals surface area contributed by atoms with Gasteiger partial charge in [0.15, 0.2) is 0 Å². The lowest BCUT2D eigenvalue weighted by Crippen LogP contribution is -2.35. The summed E-state index contributed by atoms with van der Waals surface area (Å²) in [6, 6.07) is -0.394. The molecule has 14 heavy (non-hydrogen) atoms. The van der Waals surface area contributed by atoms with Crippen molar-refractivity contribution >= 4 is 18.5 Å². The van der Waals surface area contributed by atoms with Crippen LogP contribution < -0.4 is 5.32 Å². The summed E-state index contributed by atoms with van der Waals surface area (Å²) in [4.78, 5) is 31.6. The molecule has 4 nitrogen and oxygen atoms in total. The maximum Gasteiger partial charge on any atom is 0.220 e. The van der Waals surface area contributed by atoms with E-state index in [1.807, 2.05) is 6.92 Å². The standard InChI is InChI=1S/C10H17NO3/c1-2-3-5-9(8-13)11-10(14)6-4-7-12/h7-9H,2-6H2,1H3,(H,11,14). The fourth-order valence-corrected chi connectivity index (χ4v) is 1.07. The van der Waals surface area contributed by atoms with E-state index in [2.05, 4.69) is 5.32 Å². The molecule has 0 radical (unpaired) electrons. The first kappa shape index (κ1) is 12.8. The molecule has 0 aromatic carbocycles. The number of nitrogens with one attached hydrogen (secondary N) is 1. The number of amides is 1. The van der Waals surface area contributed by atoms with E-state index in [9.17, 15) is 14.4 Å². The molecular weight excluding hydrogens is 182 g/mol. The molecule has 0 bridgehead atoms. The van der Waals surface area contributed by atoms with Gasteiger partial charge in [-0.15, -0.1) is 0 Å². The van der Waals surface area contributed by atoms with Crippen LogP contribution in [0.2, 0.25) is 0 Å². The van der Waals surface area contributed by atoms with E-state index in [0.29, 0.717) is 12.7 Å². The molecule has 80 valence electrons. The molecule has 0 aliphatic carbocycles. The third-order valence-electron chi connectivity index (χ3n) is 1.87. The Labute approximate surface area is 84.1 Å². The van der Waals surface area contributed by atoms with Crippen molar-refractivity contribution < 1.29 is 14.4 Å². The summed E-state index contributed by atoms with van der Waals surface area (Å²) < 4.78 is 0. The summed E-state index contributed by atoms with van der Waals surface area (Å²) >= 11 is 0. The van der Waals surface area contributed by atoms with Crippen molar-refractivity contribution in [2.45, 2.75) is 45.1 Å². The first-order valence-corrected chi connectivity index (χ1v) is 4.92. The second kappa shape index (κ2) is 8.41. The highest BCUT2D eigenvalue weighted by Gasteiger charge is 2.09. The molecule has 1 atom stereocenters. The van der Waals surface area contributed by atoms with Crippen LogP contribution in [0.3, 0.4) is 0 Å². The first-order valence-electron chi connectivity index (χ1n) is 4.92. The van der Waals surface area contributed by atoms with E-state index in [-0.39, 0.29) is 18.7 Å². The summed E-state index contributed by atoms with van der Waals surface area (Å²) in [6.07, 6.45) is 4.40. The lowest BCUT2D eigenvalue weighted by Gasteiger charge is -2.11. The predicted molar refractivity (Wildman–Crippen MR) is 52.8 cm³/mol. The summed E-state index contributed by atoms with van der Waals surface area (Å²) in [5.41, 5.74) is 0. The molecule has 0 heterocycles. The Morgan fingerprint density at radius 3 is 2.64 bits per heavy atom. The molecule has 1 amide bonds. The third kappa shape index (κ3) is 6.34. The number of rotatable bonds is 8. The molecule has 4 heteroatoms. The van der Waals surface area contributed by atoms with E-state index >= 15 is 0 Å². The molecule has 1 unspecified atom stereocenters. The van der Waals surface area contributed by atoms with Gasteiger partial charge in [-0.2, -0.15) is 0 Å². The molecule has 1 N–H and O–H groups in total. The average molecular weight is 199 g/mol. The van der Waals surface area contributed by atoms with Gasteiger partial charge in [0.2, 0.25) is 5.91 Å². The zero-order valence-corrected chi connectivity index (χ0v) is 8.49. The van der Waals surface area contributed by atoms with Gasteiger partial charge in [0.05, 0.1) is 6.04 Å². The minimum atomic E-state index is -0.394. The third-order valence-corrected chi connectivity index (χ3v) is 1.87. The highest BCUT2D eigenvalue weighted by atomic mass is 16.2. The van der Waals surface area contributed by atoms with Crippen molar-refractivity contribution in [2.75, 3.05) is 0 Å². The van der Waals surface area contributed by atoms with Crippen molar-refractivity contribution in [2.24, 2.45) is 0 Å². The summed E-state index contributed by atoms with van der Waals surface area (Å²) in [5.74, 6) is -0.231. The zero-order valence-electron chi connectivity index (χ0n) is 8.49. The van der Waals surface area contributed by atoms with Gasteiger partial charge in [0.1, 0.15) is 12.6 Å². The second-order valence-corrected chi connectivity index (χ2v) is 3.16. The van der Waals surface area contributed by atoms with Crippen molar-refractivity contribution in [3.8, 4) is 0 Å². The summed E-state index contributed by atoms with van der Waals surface area (Å²) in [6.45, 7) is 2.02. The molecule has 0 aliphatic heterocycles. The Balaban J connectivity index is 3.73. The van der Waals surface area contributed by atoms with Gasteiger partial charge in [-0.25, -0.2) is 0 Å². The lowest BCUT2D eigenvalue weighted by atomic mass is 10.1. The summed E-state index contributed by atoms with van der Waals surface area (Å²) in [5, 5.41) is 2.57. The van der Waals surface area contributed by atoms with Crippen molar-refractivity contribution in [3.05, 3.63) is 0 Å². The Bertz CT molecular complexity index is 192. The van der Waals surface area contributed by atoms with Crippen LogP contribution in [-0.2, 0) is 14.4 Å². The van der Waals surface area contributed by atoms with Gasteiger partial charge >= 0.3 is 0 Å². The molecule has 0 aliphatic rings. The summed E-state index contributed by atoms with van der Waals surface area (Å²) in [7, 11) is 0. The van der Waals surface area contributed by atoms with Crippen LogP contribution in [0.15, 0.2) is 0 Å². The normalized spacial score (nSPS) is 11.8. The fraction of sp³-hybridized carbons (Fsp3) is 0.700. The largest absolute Gasteiger partial charge is 0.347 e. The van der Waals surface area contributed by atoms with Crippen LogP contribution in [0.5, 0.6) is 0 Å². The monoisotopic (exact) mass is 199 g/mol. The molecule has 0 spiro atoms. The van der Waals surface area contributed by atoms with E-state index in [4.69, 9.17) is 0 Å². The molecule has 0 saturated heterocycles. The highest BCUT2D eigenvalue weighted by molar-refractivity contribution is 5.81. The van der Waals surface area contributed by atoms with Crippen LogP contribution in [0.1, 0.15) is 39.0 Å². The topological polar surface area (TPSA) is 63.2 Å².